The van der Waals surface area contributed by atoms with Crippen LogP contribution in [0.5, 0.6) is 0 Å². The van der Waals surface area contributed by atoms with Crippen molar-refractivity contribution in [2.24, 2.45) is 0 Å². The molecule has 4 rings (SSSR count). The van der Waals surface area contributed by atoms with E-state index >= 15 is 0 Å². The molecular formula is C19H16ClN3O2. The Kier molecular flexibility index (Phi) is 3.73. The van der Waals surface area contributed by atoms with Gasteiger partial charge in [0.2, 0.25) is 0 Å². The van der Waals surface area contributed by atoms with Gasteiger partial charge in [0.05, 0.1) is 0 Å². The molecule has 1 aromatic heterocycles. The van der Waals surface area contributed by atoms with Gasteiger partial charge in [-0.25, -0.2) is 0 Å². The van der Waals surface area contributed by atoms with Crippen molar-refractivity contribution in [1.82, 2.24) is 10.3 Å². The minimum Gasteiger partial charge on any atom is -0.350 e. The highest BCUT2D eigenvalue weighted by atomic mass is 35.5. The van der Waals surface area contributed by atoms with Gasteiger partial charge in [0, 0.05) is 39.6 Å². The molecule has 1 unspecified atom stereocenters. The molecule has 0 saturated carbocycles. The van der Waals surface area contributed by atoms with Crippen LogP contribution in [-0.4, -0.2) is 23.3 Å². The van der Waals surface area contributed by atoms with E-state index in [0.29, 0.717) is 28.5 Å². The molecule has 2 heterocycles. The summed E-state index contributed by atoms with van der Waals surface area (Å²) in [5, 5.41) is 7.18. The first-order chi connectivity index (χ1) is 12.0. The second-order valence-corrected chi connectivity index (χ2v) is 6.69. The normalized spacial score (nSPS) is 16.4. The Balaban J connectivity index is 1.72. The number of amides is 2. The van der Waals surface area contributed by atoms with Crippen molar-refractivity contribution in [2.75, 3.05) is 11.9 Å². The number of carbonyl (C=O) groups is 2. The van der Waals surface area contributed by atoms with Crippen molar-refractivity contribution >= 4 is 40.0 Å². The summed E-state index contributed by atoms with van der Waals surface area (Å²) in [7, 11) is 0. The molecule has 1 atom stereocenters. The molecule has 0 saturated heterocycles. The van der Waals surface area contributed by atoms with E-state index in [9.17, 15) is 9.59 Å². The fraction of sp³-hybridized carbons (Fsp3) is 0.158. The molecule has 0 spiro atoms. The molecule has 0 aliphatic carbocycles. The minimum atomic E-state index is -0.216. The first-order valence-electron chi connectivity index (χ1n) is 8.03. The van der Waals surface area contributed by atoms with E-state index < -0.39 is 0 Å². The fourth-order valence-electron chi connectivity index (χ4n) is 3.25. The van der Waals surface area contributed by atoms with Crippen LogP contribution in [0.15, 0.2) is 42.5 Å². The van der Waals surface area contributed by atoms with Gasteiger partial charge in [0.15, 0.2) is 0 Å². The maximum atomic E-state index is 12.6. The van der Waals surface area contributed by atoms with Crippen molar-refractivity contribution < 1.29 is 9.59 Å². The van der Waals surface area contributed by atoms with Gasteiger partial charge in [-0.2, -0.15) is 0 Å². The van der Waals surface area contributed by atoms with Gasteiger partial charge in [0.1, 0.15) is 5.69 Å². The molecule has 6 heteroatoms. The van der Waals surface area contributed by atoms with Crippen molar-refractivity contribution in [2.45, 2.75) is 12.8 Å². The quantitative estimate of drug-likeness (QED) is 0.653. The van der Waals surface area contributed by atoms with Gasteiger partial charge in [-0.1, -0.05) is 24.6 Å². The number of fused-ring (bicyclic) bond motifs is 3. The number of nitrogens with one attached hydrogen (secondary N) is 3. The zero-order valence-corrected chi connectivity index (χ0v) is 14.3. The fourth-order valence-corrected chi connectivity index (χ4v) is 3.44. The number of aromatic nitrogens is 1. The van der Waals surface area contributed by atoms with Crippen LogP contribution in [0, 0.1) is 0 Å². The van der Waals surface area contributed by atoms with Crippen molar-refractivity contribution in [3.05, 3.63) is 64.3 Å². The largest absolute Gasteiger partial charge is 0.350 e. The first kappa shape index (κ1) is 15.7. The van der Waals surface area contributed by atoms with Crippen LogP contribution in [-0.2, 0) is 0 Å². The van der Waals surface area contributed by atoms with Gasteiger partial charge < -0.3 is 15.6 Å². The number of carbonyl (C=O) groups excluding carboxylic acids is 2. The highest BCUT2D eigenvalue weighted by Crippen LogP contribution is 2.32. The smallest absolute Gasteiger partial charge is 0.268 e. The molecule has 25 heavy (non-hydrogen) atoms. The van der Waals surface area contributed by atoms with E-state index in [-0.39, 0.29) is 17.7 Å². The number of aromatic amines is 1. The molecule has 0 fully saturated rings. The molecule has 126 valence electrons. The van der Waals surface area contributed by atoms with Crippen LogP contribution in [0.4, 0.5) is 5.69 Å². The number of rotatable bonds is 2. The van der Waals surface area contributed by atoms with Crippen molar-refractivity contribution in [3.8, 4) is 0 Å². The molecule has 1 aliphatic rings. The molecule has 1 aliphatic heterocycles. The van der Waals surface area contributed by atoms with Crippen molar-refractivity contribution in [1.29, 1.82) is 0 Å². The first-order valence-corrected chi connectivity index (χ1v) is 8.41. The van der Waals surface area contributed by atoms with E-state index in [1.54, 1.807) is 30.3 Å². The van der Waals surface area contributed by atoms with Crippen molar-refractivity contribution in [3.63, 3.8) is 0 Å². The number of benzene rings is 2. The lowest BCUT2D eigenvalue weighted by Gasteiger charge is -2.19. The summed E-state index contributed by atoms with van der Waals surface area (Å²) in [6, 6.07) is 12.4. The zero-order valence-electron chi connectivity index (χ0n) is 13.5. The van der Waals surface area contributed by atoms with Gasteiger partial charge in [0.25, 0.3) is 11.8 Å². The molecular weight excluding hydrogens is 338 g/mol. The summed E-state index contributed by atoms with van der Waals surface area (Å²) in [6.45, 7) is 2.65. The summed E-state index contributed by atoms with van der Waals surface area (Å²) in [6.07, 6.45) is 0. The minimum absolute atomic E-state index is 0.103. The average Bonchev–Trinajstić information content (AvgIpc) is 2.98. The Bertz CT molecular complexity index is 1010. The Morgan fingerprint density at radius 2 is 2.08 bits per heavy atom. The molecule has 5 nitrogen and oxygen atoms in total. The summed E-state index contributed by atoms with van der Waals surface area (Å²) in [5.41, 5.74) is 3.58. The third kappa shape index (κ3) is 2.76. The van der Waals surface area contributed by atoms with E-state index in [1.165, 1.54) is 0 Å². The molecule has 2 aromatic carbocycles. The van der Waals surface area contributed by atoms with Crippen LogP contribution in [0.3, 0.4) is 0 Å². The molecule has 0 bridgehead atoms. The van der Waals surface area contributed by atoms with E-state index in [1.807, 2.05) is 12.1 Å². The summed E-state index contributed by atoms with van der Waals surface area (Å²) in [4.78, 5) is 27.8. The lowest BCUT2D eigenvalue weighted by Crippen LogP contribution is -2.33. The number of hydrogen-bond donors (Lipinski definition) is 3. The maximum absolute atomic E-state index is 12.6. The van der Waals surface area contributed by atoms with E-state index in [2.05, 4.69) is 22.5 Å². The number of anilines is 1. The Labute approximate surface area is 149 Å². The molecule has 3 aromatic rings. The van der Waals surface area contributed by atoms with Crippen LogP contribution in [0.1, 0.15) is 39.3 Å². The third-order valence-corrected chi connectivity index (χ3v) is 4.71. The highest BCUT2D eigenvalue weighted by Gasteiger charge is 2.27. The van der Waals surface area contributed by atoms with Gasteiger partial charge in [-0.3, -0.25) is 9.59 Å². The zero-order chi connectivity index (χ0) is 17.6. The van der Waals surface area contributed by atoms with Gasteiger partial charge in [-0.15, -0.1) is 0 Å². The molecule has 3 N–H and O–H groups in total. The third-order valence-electron chi connectivity index (χ3n) is 4.47. The SMILES string of the molecule is CC1CNC(=O)c2[nH]c3ccc(C(=O)Nc4cccc(Cl)c4)cc3c21. The van der Waals surface area contributed by atoms with Crippen LogP contribution in [0.2, 0.25) is 5.02 Å². The van der Waals surface area contributed by atoms with Crippen LogP contribution < -0.4 is 10.6 Å². The number of halogens is 1. The predicted molar refractivity (Wildman–Crippen MR) is 98.5 cm³/mol. The van der Waals surface area contributed by atoms with E-state index in [4.69, 9.17) is 11.6 Å². The second-order valence-electron chi connectivity index (χ2n) is 6.25. The van der Waals surface area contributed by atoms with E-state index in [0.717, 1.165) is 16.5 Å². The van der Waals surface area contributed by atoms with Gasteiger partial charge in [-0.05, 0) is 42.0 Å². The topological polar surface area (TPSA) is 74.0 Å². The highest BCUT2D eigenvalue weighted by molar-refractivity contribution is 6.31. The number of hydrogen-bond acceptors (Lipinski definition) is 2. The predicted octanol–water partition coefficient (Wildman–Crippen LogP) is 3.92. The monoisotopic (exact) mass is 353 g/mol. The Hall–Kier alpha value is -2.79. The lowest BCUT2D eigenvalue weighted by molar-refractivity contribution is 0.0936. The Morgan fingerprint density at radius 3 is 2.88 bits per heavy atom. The maximum Gasteiger partial charge on any atom is 0.268 e. The molecule has 2 amide bonds. The summed E-state index contributed by atoms with van der Waals surface area (Å²) < 4.78 is 0. The summed E-state index contributed by atoms with van der Waals surface area (Å²) >= 11 is 5.95. The lowest BCUT2D eigenvalue weighted by atomic mass is 9.93. The number of H-pyrrole nitrogens is 1. The molecule has 0 radical (unpaired) electrons. The average molecular weight is 354 g/mol. The standard InChI is InChI=1S/C19H16ClN3O2/c1-10-9-21-19(25)17-16(10)14-7-11(5-6-15(14)23-17)18(24)22-13-4-2-3-12(20)8-13/h2-8,10,23H,9H2,1H3,(H,21,25)(H,22,24). The van der Waals surface area contributed by atoms with Gasteiger partial charge >= 0.3 is 0 Å². The summed E-state index contributed by atoms with van der Waals surface area (Å²) in [5.74, 6) is -0.131. The van der Waals surface area contributed by atoms with Crippen LogP contribution in [0.25, 0.3) is 10.9 Å². The Morgan fingerprint density at radius 1 is 1.24 bits per heavy atom. The van der Waals surface area contributed by atoms with Crippen LogP contribution >= 0.6 is 11.6 Å². The second kappa shape index (κ2) is 5.93.